The molecule has 0 aromatic carbocycles. The van der Waals surface area contributed by atoms with E-state index in [1.807, 2.05) is 36.5 Å². The van der Waals surface area contributed by atoms with E-state index in [0.717, 1.165) is 6.42 Å². The number of rotatable bonds is 17. The summed E-state index contributed by atoms with van der Waals surface area (Å²) >= 11 is 0. The fraction of sp³-hybridized carbons (Fsp3) is 0.480. The first-order valence-electron chi connectivity index (χ1n) is 10.8. The molecule has 6 nitrogen and oxygen atoms in total. The smallest absolute Gasteiger partial charge is 0.306 e. The maximum absolute atomic E-state index is 11.5. The van der Waals surface area contributed by atoms with Gasteiger partial charge >= 0.3 is 5.97 Å². The van der Waals surface area contributed by atoms with E-state index in [4.69, 9.17) is 14.9 Å². The highest BCUT2D eigenvalue weighted by atomic mass is 16.6. The molecule has 0 aliphatic rings. The fourth-order valence-electron chi connectivity index (χ4n) is 2.28. The van der Waals surface area contributed by atoms with Crippen LogP contribution in [0.5, 0.6) is 0 Å². The summed E-state index contributed by atoms with van der Waals surface area (Å²) in [5.41, 5.74) is 0. The van der Waals surface area contributed by atoms with E-state index in [9.17, 15) is 15.0 Å². The number of aliphatic hydroxyl groups is 4. The second-order valence-electron chi connectivity index (χ2n) is 6.83. The Morgan fingerprint density at radius 3 is 1.90 bits per heavy atom. The number of esters is 1. The molecule has 0 aromatic heterocycles. The summed E-state index contributed by atoms with van der Waals surface area (Å²) in [5, 5.41) is 37.3. The zero-order valence-electron chi connectivity index (χ0n) is 18.4. The quantitative estimate of drug-likeness (QED) is 0.159. The lowest BCUT2D eigenvalue weighted by atomic mass is 10.2. The Kier molecular flexibility index (Phi) is 19.5. The van der Waals surface area contributed by atoms with Gasteiger partial charge in [0, 0.05) is 6.42 Å². The molecule has 6 heteroatoms. The summed E-state index contributed by atoms with van der Waals surface area (Å²) in [6.07, 6.45) is 23.8. The van der Waals surface area contributed by atoms with Crippen molar-refractivity contribution in [3.05, 3.63) is 72.9 Å². The van der Waals surface area contributed by atoms with Crippen molar-refractivity contribution in [2.45, 2.75) is 63.8 Å². The molecular formula is C25H38O6. The van der Waals surface area contributed by atoms with E-state index >= 15 is 0 Å². The molecule has 0 spiro atoms. The van der Waals surface area contributed by atoms with Gasteiger partial charge in [-0.1, -0.05) is 79.8 Å². The normalized spacial score (nSPS) is 15.0. The van der Waals surface area contributed by atoms with Gasteiger partial charge in [-0.05, 0) is 32.1 Å². The summed E-state index contributed by atoms with van der Waals surface area (Å²) in [4.78, 5) is 11.5. The fourth-order valence-corrected chi connectivity index (χ4v) is 2.28. The number of ether oxygens (including phenoxy) is 1. The van der Waals surface area contributed by atoms with Crippen molar-refractivity contribution in [2.75, 3.05) is 13.2 Å². The van der Waals surface area contributed by atoms with Crippen molar-refractivity contribution < 1.29 is 30.0 Å². The molecule has 31 heavy (non-hydrogen) atoms. The van der Waals surface area contributed by atoms with Crippen molar-refractivity contribution in [1.82, 2.24) is 0 Å². The summed E-state index contributed by atoms with van der Waals surface area (Å²) < 4.78 is 4.86. The van der Waals surface area contributed by atoms with Crippen molar-refractivity contribution in [2.24, 2.45) is 0 Å². The van der Waals surface area contributed by atoms with Crippen LogP contribution in [0.15, 0.2) is 72.9 Å². The summed E-state index contributed by atoms with van der Waals surface area (Å²) in [6, 6.07) is 0. The molecule has 0 aromatic rings. The Balaban J connectivity index is 3.91. The predicted molar refractivity (Wildman–Crippen MR) is 124 cm³/mol. The first-order chi connectivity index (χ1) is 15.0. The van der Waals surface area contributed by atoms with Crippen LogP contribution in [0, 0.1) is 0 Å². The van der Waals surface area contributed by atoms with Gasteiger partial charge in [-0.15, -0.1) is 0 Å². The number of aliphatic hydroxyl groups excluding tert-OH is 4. The van der Waals surface area contributed by atoms with Gasteiger partial charge in [-0.2, -0.15) is 0 Å². The highest BCUT2D eigenvalue weighted by Gasteiger charge is 2.10. The zero-order valence-corrected chi connectivity index (χ0v) is 18.4. The van der Waals surface area contributed by atoms with Crippen molar-refractivity contribution in [1.29, 1.82) is 0 Å². The molecule has 0 amide bonds. The van der Waals surface area contributed by atoms with Crippen LogP contribution < -0.4 is 0 Å². The molecule has 0 heterocycles. The molecule has 0 saturated carbocycles. The second kappa shape index (κ2) is 21.0. The number of hydrogen-bond donors (Lipinski definition) is 4. The van der Waals surface area contributed by atoms with Crippen LogP contribution in [-0.2, 0) is 9.53 Å². The van der Waals surface area contributed by atoms with E-state index in [1.54, 1.807) is 36.5 Å². The van der Waals surface area contributed by atoms with Crippen LogP contribution >= 0.6 is 0 Å². The van der Waals surface area contributed by atoms with Crippen molar-refractivity contribution in [3.8, 4) is 0 Å². The molecule has 174 valence electrons. The van der Waals surface area contributed by atoms with Crippen LogP contribution in [0.4, 0.5) is 0 Å². The van der Waals surface area contributed by atoms with E-state index in [2.05, 4.69) is 6.92 Å². The third-order valence-electron chi connectivity index (χ3n) is 3.98. The Morgan fingerprint density at radius 1 is 0.806 bits per heavy atom. The average molecular weight is 435 g/mol. The summed E-state index contributed by atoms with van der Waals surface area (Å²) in [7, 11) is 0. The van der Waals surface area contributed by atoms with E-state index in [-0.39, 0.29) is 6.42 Å². The maximum atomic E-state index is 11.5. The minimum Gasteiger partial charge on any atom is -0.457 e. The van der Waals surface area contributed by atoms with Gasteiger partial charge < -0.3 is 25.2 Å². The van der Waals surface area contributed by atoms with Crippen LogP contribution in [0.1, 0.15) is 45.4 Å². The standard InChI is InChI=1S/C25H38O6/c1-2-3-10-15-22(28)17-12-8-9-13-18-23(29)16-11-6-4-5-7-14-19-25(30)31-24(20-26)21-27/h3,5-13,17-18,22-24,26-29H,2,4,14-16,19-21H2,1H3/b7-5-,9-8-,10-3-,11-6-,17-12+,18-13+/t22-,23+/m0/s1. The van der Waals surface area contributed by atoms with Gasteiger partial charge in [0.05, 0.1) is 25.4 Å². The highest BCUT2D eigenvalue weighted by Crippen LogP contribution is 2.01. The van der Waals surface area contributed by atoms with E-state index < -0.39 is 37.5 Å². The van der Waals surface area contributed by atoms with E-state index in [1.165, 1.54) is 0 Å². The molecule has 0 bridgehead atoms. The first-order valence-corrected chi connectivity index (χ1v) is 10.8. The van der Waals surface area contributed by atoms with Gasteiger partial charge in [0.15, 0.2) is 0 Å². The number of allylic oxidation sites excluding steroid dienone is 8. The molecule has 0 rings (SSSR count). The van der Waals surface area contributed by atoms with Gasteiger partial charge in [0.25, 0.3) is 0 Å². The Morgan fingerprint density at radius 2 is 1.35 bits per heavy atom. The first kappa shape index (κ1) is 28.8. The topological polar surface area (TPSA) is 107 Å². The lowest BCUT2D eigenvalue weighted by Crippen LogP contribution is -2.25. The summed E-state index contributed by atoms with van der Waals surface area (Å²) in [5.74, 6) is -0.451. The molecule has 0 aliphatic heterocycles. The molecule has 0 saturated heterocycles. The van der Waals surface area contributed by atoms with Crippen molar-refractivity contribution >= 4 is 5.97 Å². The number of carbonyl (C=O) groups excluding carboxylic acids is 1. The van der Waals surface area contributed by atoms with Crippen LogP contribution in [0.3, 0.4) is 0 Å². The summed E-state index contributed by atoms with van der Waals surface area (Å²) in [6.45, 7) is 1.27. The Bertz CT molecular complexity index is 612. The molecule has 0 radical (unpaired) electrons. The lowest BCUT2D eigenvalue weighted by molar-refractivity contribution is -0.153. The average Bonchev–Trinajstić information content (AvgIpc) is 2.76. The van der Waals surface area contributed by atoms with E-state index in [0.29, 0.717) is 25.7 Å². The molecule has 0 fully saturated rings. The lowest BCUT2D eigenvalue weighted by Gasteiger charge is -2.11. The monoisotopic (exact) mass is 434 g/mol. The van der Waals surface area contributed by atoms with Gasteiger partial charge in [0.1, 0.15) is 6.10 Å². The largest absolute Gasteiger partial charge is 0.457 e. The third kappa shape index (κ3) is 19.5. The van der Waals surface area contributed by atoms with Gasteiger partial charge in [-0.25, -0.2) is 0 Å². The van der Waals surface area contributed by atoms with Gasteiger partial charge in [0.2, 0.25) is 0 Å². The highest BCUT2D eigenvalue weighted by molar-refractivity contribution is 5.69. The van der Waals surface area contributed by atoms with Crippen LogP contribution in [-0.4, -0.2) is 57.9 Å². The van der Waals surface area contributed by atoms with Gasteiger partial charge in [-0.3, -0.25) is 4.79 Å². The van der Waals surface area contributed by atoms with Crippen LogP contribution in [0.2, 0.25) is 0 Å². The predicted octanol–water partition coefficient (Wildman–Crippen LogP) is 3.30. The third-order valence-corrected chi connectivity index (χ3v) is 3.98. The molecule has 4 N–H and O–H groups in total. The van der Waals surface area contributed by atoms with Crippen molar-refractivity contribution in [3.63, 3.8) is 0 Å². The Labute approximate surface area is 186 Å². The SMILES string of the molecule is CC/C=C\C[C@H](O)/C=C/C=C\C=C\[C@H](O)C/C=C\C/C=C\CCC(=O)OC(CO)CO. The maximum Gasteiger partial charge on any atom is 0.306 e. The van der Waals surface area contributed by atoms with Crippen LogP contribution in [0.25, 0.3) is 0 Å². The minimum atomic E-state index is -0.849. The zero-order chi connectivity index (χ0) is 23.2. The molecule has 0 unspecified atom stereocenters. The number of hydrogen-bond acceptors (Lipinski definition) is 6. The molecule has 0 aliphatic carbocycles. The molecule has 2 atom stereocenters. The minimum absolute atomic E-state index is 0.192. The Hall–Kier alpha value is -2.25. The number of carbonyl (C=O) groups is 1. The second-order valence-corrected chi connectivity index (χ2v) is 6.83. The molecular weight excluding hydrogens is 396 g/mol.